The minimum absolute atomic E-state index is 0.0347. The van der Waals surface area contributed by atoms with E-state index in [2.05, 4.69) is 0 Å². The van der Waals surface area contributed by atoms with Gasteiger partial charge in [-0.3, -0.25) is 5.41 Å². The molecule has 0 atom stereocenters. The smallest absolute Gasteiger partial charge is 0.118 e. The van der Waals surface area contributed by atoms with Crippen molar-refractivity contribution in [3.63, 3.8) is 0 Å². The average Bonchev–Trinajstić information content (AvgIpc) is 1.27. The molecular formula is C3H6ClN3. The topological polar surface area (TPSA) is 75.9 Å². The van der Waals surface area contributed by atoms with E-state index >= 15 is 0 Å². The summed E-state index contributed by atoms with van der Waals surface area (Å²) in [5.41, 5.74) is 9.73. The molecule has 4 heteroatoms. The molecule has 0 rings (SSSR count). The van der Waals surface area contributed by atoms with E-state index in [9.17, 15) is 0 Å². The maximum Gasteiger partial charge on any atom is 0.118 e. The van der Waals surface area contributed by atoms with Gasteiger partial charge in [-0.1, -0.05) is 11.6 Å². The number of hydrogen-bond acceptors (Lipinski definition) is 2. The van der Waals surface area contributed by atoms with Gasteiger partial charge in [0.2, 0.25) is 0 Å². The molecule has 0 heterocycles. The molecule has 3 nitrogen and oxygen atoms in total. The van der Waals surface area contributed by atoms with Crippen LogP contribution >= 0.6 is 11.6 Å². The minimum Gasteiger partial charge on any atom is -0.389 e. The third-order valence-electron chi connectivity index (χ3n) is 0.293. The van der Waals surface area contributed by atoms with E-state index in [-0.39, 0.29) is 11.0 Å². The van der Waals surface area contributed by atoms with Crippen molar-refractivity contribution in [3.05, 3.63) is 11.2 Å². The van der Waals surface area contributed by atoms with Crippen molar-refractivity contribution in [2.75, 3.05) is 0 Å². The van der Waals surface area contributed by atoms with E-state index in [0.717, 1.165) is 6.08 Å². The van der Waals surface area contributed by atoms with Gasteiger partial charge in [-0.25, -0.2) is 0 Å². The number of rotatable bonds is 1. The molecule has 0 saturated carbocycles. The number of nitrogens with two attached hydrogens (primary N) is 2. The summed E-state index contributed by atoms with van der Waals surface area (Å²) in [6.07, 6.45) is 1.15. The summed E-state index contributed by atoms with van der Waals surface area (Å²) in [4.78, 5) is 0. The third kappa shape index (κ3) is 5.30. The first-order valence-electron chi connectivity index (χ1n) is 1.59. The van der Waals surface area contributed by atoms with E-state index in [1.807, 2.05) is 0 Å². The zero-order chi connectivity index (χ0) is 5.86. The first-order valence-corrected chi connectivity index (χ1v) is 1.97. The molecule has 0 aliphatic rings. The van der Waals surface area contributed by atoms with Crippen molar-refractivity contribution in [2.45, 2.75) is 0 Å². The molecule has 7 heavy (non-hydrogen) atoms. The standard InChI is InChI=1S/C3H6ClN3/c4-2(5)1-3(6)7/h1H,5H2,(H3,6,7)/b2-1-. The summed E-state index contributed by atoms with van der Waals surface area (Å²) < 4.78 is 0. The zero-order valence-electron chi connectivity index (χ0n) is 3.61. The van der Waals surface area contributed by atoms with Crippen LogP contribution in [0.25, 0.3) is 0 Å². The van der Waals surface area contributed by atoms with Gasteiger partial charge in [-0.05, 0) is 0 Å². The van der Waals surface area contributed by atoms with Gasteiger partial charge in [0, 0.05) is 6.08 Å². The molecule has 0 radical (unpaired) electrons. The molecule has 0 aromatic rings. The molecule has 0 bridgehead atoms. The molecule has 0 unspecified atom stereocenters. The van der Waals surface area contributed by atoms with E-state index < -0.39 is 0 Å². The Balaban J connectivity index is 3.68. The molecule has 0 amide bonds. The van der Waals surface area contributed by atoms with Crippen molar-refractivity contribution < 1.29 is 0 Å². The Labute approximate surface area is 46.4 Å². The Morgan fingerprint density at radius 2 is 2.00 bits per heavy atom. The summed E-state index contributed by atoms with van der Waals surface area (Å²) in [7, 11) is 0. The van der Waals surface area contributed by atoms with Crippen LogP contribution in [0.5, 0.6) is 0 Å². The van der Waals surface area contributed by atoms with E-state index in [4.69, 9.17) is 28.5 Å². The second-order valence-corrected chi connectivity index (χ2v) is 1.42. The highest BCUT2D eigenvalue weighted by atomic mass is 35.5. The number of halogens is 1. The molecule has 0 spiro atoms. The lowest BCUT2D eigenvalue weighted by Crippen LogP contribution is -2.06. The molecular weight excluding hydrogens is 114 g/mol. The van der Waals surface area contributed by atoms with Gasteiger partial charge in [-0.2, -0.15) is 0 Å². The van der Waals surface area contributed by atoms with Crippen molar-refractivity contribution in [1.29, 1.82) is 5.41 Å². The van der Waals surface area contributed by atoms with Gasteiger partial charge in [-0.15, -0.1) is 0 Å². The highest BCUT2D eigenvalue weighted by Crippen LogP contribution is 1.85. The first kappa shape index (κ1) is 6.30. The average molecular weight is 120 g/mol. The monoisotopic (exact) mass is 119 g/mol. The van der Waals surface area contributed by atoms with Crippen molar-refractivity contribution in [2.24, 2.45) is 11.5 Å². The molecule has 5 N–H and O–H groups in total. The predicted molar refractivity (Wildman–Crippen MR) is 30.0 cm³/mol. The van der Waals surface area contributed by atoms with Crippen molar-refractivity contribution in [3.8, 4) is 0 Å². The van der Waals surface area contributed by atoms with Gasteiger partial charge in [0.15, 0.2) is 0 Å². The van der Waals surface area contributed by atoms with E-state index in [1.165, 1.54) is 0 Å². The summed E-state index contributed by atoms with van der Waals surface area (Å²) in [5, 5.41) is 6.60. The minimum atomic E-state index is -0.132. The molecule has 0 aliphatic carbocycles. The highest BCUT2D eigenvalue weighted by molar-refractivity contribution is 6.30. The van der Waals surface area contributed by atoms with Gasteiger partial charge >= 0.3 is 0 Å². The summed E-state index contributed by atoms with van der Waals surface area (Å²) in [5.74, 6) is -0.132. The normalized spacial score (nSPS) is 11.3. The fraction of sp³-hybridized carbons (Fsp3) is 0. The van der Waals surface area contributed by atoms with Crippen LogP contribution in [-0.2, 0) is 0 Å². The van der Waals surface area contributed by atoms with Crippen LogP contribution in [-0.4, -0.2) is 5.84 Å². The lowest BCUT2D eigenvalue weighted by Gasteiger charge is -1.82. The Morgan fingerprint density at radius 3 is 2.00 bits per heavy atom. The van der Waals surface area contributed by atoms with Crippen LogP contribution in [0.3, 0.4) is 0 Å². The van der Waals surface area contributed by atoms with Gasteiger partial charge in [0.25, 0.3) is 0 Å². The van der Waals surface area contributed by atoms with Crippen LogP contribution in [0.1, 0.15) is 0 Å². The number of hydrogen-bond donors (Lipinski definition) is 3. The Morgan fingerprint density at radius 1 is 1.57 bits per heavy atom. The predicted octanol–water partition coefficient (Wildman–Crippen LogP) is -0.0387. The Bertz CT molecular complexity index is 103. The Hall–Kier alpha value is -0.700. The maximum atomic E-state index is 6.56. The second-order valence-electron chi connectivity index (χ2n) is 0.985. The molecule has 0 aromatic carbocycles. The van der Waals surface area contributed by atoms with Crippen molar-refractivity contribution >= 4 is 17.4 Å². The van der Waals surface area contributed by atoms with Gasteiger partial charge in [0.05, 0.1) is 0 Å². The fourth-order valence-corrected chi connectivity index (χ4v) is 0.266. The summed E-state index contributed by atoms with van der Waals surface area (Å²) in [6, 6.07) is 0. The summed E-state index contributed by atoms with van der Waals surface area (Å²) in [6.45, 7) is 0. The van der Waals surface area contributed by atoms with Gasteiger partial charge < -0.3 is 11.5 Å². The largest absolute Gasteiger partial charge is 0.389 e. The molecule has 0 aromatic heterocycles. The molecule has 0 saturated heterocycles. The van der Waals surface area contributed by atoms with Crippen LogP contribution in [0, 0.1) is 5.41 Å². The van der Waals surface area contributed by atoms with Crippen molar-refractivity contribution in [1.82, 2.24) is 0 Å². The third-order valence-corrected chi connectivity index (χ3v) is 0.402. The van der Waals surface area contributed by atoms with E-state index in [1.54, 1.807) is 0 Å². The number of nitrogens with one attached hydrogen (secondary N) is 1. The second kappa shape index (κ2) is 2.47. The quantitative estimate of drug-likeness (QED) is 0.257. The van der Waals surface area contributed by atoms with E-state index in [0.29, 0.717) is 0 Å². The molecule has 0 fully saturated rings. The molecule has 40 valence electrons. The zero-order valence-corrected chi connectivity index (χ0v) is 4.37. The molecule has 0 aliphatic heterocycles. The lowest BCUT2D eigenvalue weighted by atomic mass is 10.6. The SMILES string of the molecule is N=C(N)/C=C(\N)Cl. The van der Waals surface area contributed by atoms with Crippen LogP contribution in [0.4, 0.5) is 0 Å². The maximum absolute atomic E-state index is 6.56. The van der Waals surface area contributed by atoms with Crippen LogP contribution in [0.15, 0.2) is 11.2 Å². The van der Waals surface area contributed by atoms with Crippen LogP contribution in [0.2, 0.25) is 0 Å². The Kier molecular flexibility index (Phi) is 2.22. The number of amidine groups is 1. The first-order chi connectivity index (χ1) is 3.13. The highest BCUT2D eigenvalue weighted by Gasteiger charge is 1.79. The van der Waals surface area contributed by atoms with Crippen LogP contribution < -0.4 is 11.5 Å². The lowest BCUT2D eigenvalue weighted by molar-refractivity contribution is 1.44. The van der Waals surface area contributed by atoms with Gasteiger partial charge in [0.1, 0.15) is 11.0 Å². The summed E-state index contributed by atoms with van der Waals surface area (Å²) >= 11 is 5.09. The fourth-order valence-electron chi connectivity index (χ4n) is 0.149.